The van der Waals surface area contributed by atoms with Gasteiger partial charge < -0.3 is 5.32 Å². The van der Waals surface area contributed by atoms with Crippen LogP contribution in [0.3, 0.4) is 0 Å². The number of nitrogens with zero attached hydrogens (tertiary/aromatic N) is 2. The second-order valence-electron chi connectivity index (χ2n) is 7.67. The number of carbonyl (C=O) groups is 1. The molecule has 1 saturated heterocycles. The molecule has 2 aromatic rings. The number of nitrogens with one attached hydrogen (secondary N) is 1. The average molecular weight is 490 g/mol. The first-order chi connectivity index (χ1) is 15.0. The largest absolute Gasteiger partial charge is 0.416 e. The smallest absolute Gasteiger partial charge is 0.324 e. The Morgan fingerprint density at radius 3 is 2.34 bits per heavy atom. The Labute approximate surface area is 190 Å². The first-order valence-corrected chi connectivity index (χ1v) is 11.7. The van der Waals surface area contributed by atoms with Crippen LogP contribution in [0.1, 0.15) is 24.0 Å². The minimum absolute atomic E-state index is 0.0530. The lowest BCUT2D eigenvalue weighted by Crippen LogP contribution is -2.30. The van der Waals surface area contributed by atoms with E-state index in [1.807, 2.05) is 0 Å². The molecule has 0 unspecified atom stereocenters. The van der Waals surface area contributed by atoms with E-state index in [0.717, 1.165) is 25.0 Å². The maximum Gasteiger partial charge on any atom is 0.416 e. The van der Waals surface area contributed by atoms with E-state index in [1.54, 1.807) is 11.9 Å². The average Bonchev–Trinajstić information content (AvgIpc) is 3.25. The molecular formula is C21H23ClF3N3O3S. The molecule has 1 heterocycles. The minimum atomic E-state index is -4.40. The van der Waals surface area contributed by atoms with Crippen LogP contribution in [0.25, 0.3) is 0 Å². The van der Waals surface area contributed by atoms with Crippen molar-refractivity contribution in [2.45, 2.75) is 30.5 Å². The van der Waals surface area contributed by atoms with E-state index in [0.29, 0.717) is 18.7 Å². The Kier molecular flexibility index (Phi) is 7.49. The van der Waals surface area contributed by atoms with Gasteiger partial charge in [0.15, 0.2) is 0 Å². The second-order valence-corrected chi connectivity index (χ2v) is 10.0. The van der Waals surface area contributed by atoms with Crippen LogP contribution >= 0.6 is 11.6 Å². The molecule has 0 atom stereocenters. The molecule has 11 heteroatoms. The van der Waals surface area contributed by atoms with Gasteiger partial charge in [-0.05, 0) is 55.8 Å². The van der Waals surface area contributed by atoms with Crippen molar-refractivity contribution >= 4 is 33.2 Å². The molecule has 6 nitrogen and oxygen atoms in total. The van der Waals surface area contributed by atoms with Gasteiger partial charge in [0.1, 0.15) is 0 Å². The third-order valence-electron chi connectivity index (χ3n) is 5.06. The summed E-state index contributed by atoms with van der Waals surface area (Å²) in [7, 11) is -2.01. The SMILES string of the molecule is CN(CC(=O)Nc1cc(S(=O)(=O)N2CCCC2)ccc1Cl)Cc1ccc(C(F)(F)F)cc1. The van der Waals surface area contributed by atoms with E-state index in [1.165, 1.54) is 34.6 Å². The number of halogens is 4. The van der Waals surface area contributed by atoms with Crippen molar-refractivity contribution in [1.29, 1.82) is 0 Å². The molecule has 0 aromatic heterocycles. The number of anilines is 1. The fraction of sp³-hybridized carbons (Fsp3) is 0.381. The first-order valence-electron chi connectivity index (χ1n) is 9.91. The van der Waals surface area contributed by atoms with Crippen LogP contribution in [0.15, 0.2) is 47.4 Å². The van der Waals surface area contributed by atoms with Crippen molar-refractivity contribution in [3.63, 3.8) is 0 Å². The van der Waals surface area contributed by atoms with Gasteiger partial charge in [-0.25, -0.2) is 8.42 Å². The van der Waals surface area contributed by atoms with E-state index in [9.17, 15) is 26.4 Å². The summed E-state index contributed by atoms with van der Waals surface area (Å²) in [6.45, 7) is 1.10. The summed E-state index contributed by atoms with van der Waals surface area (Å²) in [5.41, 5.74) is 0.0601. The Morgan fingerprint density at radius 2 is 1.75 bits per heavy atom. The first kappa shape index (κ1) is 24.5. The van der Waals surface area contributed by atoms with Crippen molar-refractivity contribution in [3.8, 4) is 0 Å². The molecule has 0 saturated carbocycles. The summed E-state index contributed by atoms with van der Waals surface area (Å²) in [5, 5.41) is 2.81. The van der Waals surface area contributed by atoms with Crippen molar-refractivity contribution < 1.29 is 26.4 Å². The molecular weight excluding hydrogens is 467 g/mol. The number of carbonyl (C=O) groups excluding carboxylic acids is 1. The number of rotatable bonds is 7. The monoisotopic (exact) mass is 489 g/mol. The number of hydrogen-bond acceptors (Lipinski definition) is 4. The Balaban J connectivity index is 1.63. The summed E-state index contributed by atoms with van der Waals surface area (Å²) in [6, 6.07) is 8.88. The third-order valence-corrected chi connectivity index (χ3v) is 7.29. The minimum Gasteiger partial charge on any atom is -0.324 e. The molecule has 0 bridgehead atoms. The fourth-order valence-corrected chi connectivity index (χ4v) is 5.15. The zero-order chi connectivity index (χ0) is 23.5. The van der Waals surface area contributed by atoms with E-state index < -0.39 is 27.7 Å². The Hall–Kier alpha value is -2.14. The molecule has 0 aliphatic carbocycles. The summed E-state index contributed by atoms with van der Waals surface area (Å²) in [5.74, 6) is -0.433. The lowest BCUT2D eigenvalue weighted by molar-refractivity contribution is -0.137. The van der Waals surface area contributed by atoms with Crippen molar-refractivity contribution in [2.75, 3.05) is 32.0 Å². The highest BCUT2D eigenvalue weighted by Gasteiger charge is 2.30. The number of alkyl halides is 3. The quantitative estimate of drug-likeness (QED) is 0.632. The van der Waals surface area contributed by atoms with Gasteiger partial charge in [0, 0.05) is 19.6 Å². The van der Waals surface area contributed by atoms with E-state index >= 15 is 0 Å². The number of likely N-dealkylation sites (N-methyl/N-ethyl adjacent to an activating group) is 1. The van der Waals surface area contributed by atoms with Gasteiger partial charge in [-0.1, -0.05) is 23.7 Å². The van der Waals surface area contributed by atoms with Crippen LogP contribution in [0, 0.1) is 0 Å². The molecule has 1 fully saturated rings. The Morgan fingerprint density at radius 1 is 1.12 bits per heavy atom. The van der Waals surface area contributed by atoms with E-state index in [2.05, 4.69) is 5.32 Å². The van der Waals surface area contributed by atoms with E-state index in [4.69, 9.17) is 11.6 Å². The van der Waals surface area contributed by atoms with Crippen LogP contribution in [-0.4, -0.2) is 50.2 Å². The normalized spacial score (nSPS) is 15.3. The highest BCUT2D eigenvalue weighted by atomic mass is 35.5. The third kappa shape index (κ3) is 6.00. The standard InChI is InChI=1S/C21H23ClF3N3O3S/c1-27(13-15-4-6-16(7-5-15)21(23,24)25)14-20(29)26-19-12-17(8-9-18(19)22)32(30,31)28-10-2-3-11-28/h4-9,12H,2-3,10-11,13-14H2,1H3,(H,26,29). The van der Waals surface area contributed by atoms with Crippen molar-refractivity contribution in [3.05, 3.63) is 58.6 Å². The van der Waals surface area contributed by atoms with Crippen LogP contribution in [0.2, 0.25) is 5.02 Å². The fourth-order valence-electron chi connectivity index (χ4n) is 3.44. The molecule has 1 aliphatic heterocycles. The van der Waals surface area contributed by atoms with Crippen molar-refractivity contribution in [1.82, 2.24) is 9.21 Å². The maximum absolute atomic E-state index is 12.7. The molecule has 32 heavy (non-hydrogen) atoms. The Bertz CT molecular complexity index is 1070. The predicted molar refractivity (Wildman–Crippen MR) is 116 cm³/mol. The summed E-state index contributed by atoms with van der Waals surface area (Å²) < 4.78 is 64.9. The van der Waals surface area contributed by atoms with Crippen LogP contribution in [0.5, 0.6) is 0 Å². The summed E-state index contributed by atoms with van der Waals surface area (Å²) in [6.07, 6.45) is -2.79. The van der Waals surface area contributed by atoms with Crippen LogP contribution in [-0.2, 0) is 27.5 Å². The van der Waals surface area contributed by atoms with Gasteiger partial charge >= 0.3 is 6.18 Å². The summed E-state index contributed by atoms with van der Waals surface area (Å²) >= 11 is 6.14. The second kappa shape index (κ2) is 9.78. The van der Waals surface area contributed by atoms with Gasteiger partial charge in [0.05, 0.1) is 27.7 Å². The number of hydrogen-bond donors (Lipinski definition) is 1. The van der Waals surface area contributed by atoms with Gasteiger partial charge in [-0.3, -0.25) is 9.69 Å². The van der Waals surface area contributed by atoms with Crippen LogP contribution in [0.4, 0.5) is 18.9 Å². The zero-order valence-corrected chi connectivity index (χ0v) is 18.9. The predicted octanol–water partition coefficient (Wildman–Crippen LogP) is 4.21. The summed E-state index contributed by atoms with van der Waals surface area (Å²) in [4.78, 5) is 14.1. The van der Waals surface area contributed by atoms with Gasteiger partial charge in [0.25, 0.3) is 0 Å². The molecule has 1 amide bonds. The van der Waals surface area contributed by atoms with Gasteiger partial charge in [-0.15, -0.1) is 0 Å². The molecule has 0 spiro atoms. The highest BCUT2D eigenvalue weighted by molar-refractivity contribution is 7.89. The molecule has 1 N–H and O–H groups in total. The molecule has 2 aromatic carbocycles. The number of sulfonamides is 1. The maximum atomic E-state index is 12.7. The van der Waals surface area contributed by atoms with Gasteiger partial charge in [-0.2, -0.15) is 17.5 Å². The number of benzene rings is 2. The van der Waals surface area contributed by atoms with Crippen molar-refractivity contribution in [2.24, 2.45) is 0 Å². The highest BCUT2D eigenvalue weighted by Crippen LogP contribution is 2.30. The van der Waals surface area contributed by atoms with E-state index in [-0.39, 0.29) is 28.7 Å². The molecule has 0 radical (unpaired) electrons. The van der Waals surface area contributed by atoms with Gasteiger partial charge in [0.2, 0.25) is 15.9 Å². The lowest BCUT2D eigenvalue weighted by Gasteiger charge is -2.18. The zero-order valence-electron chi connectivity index (χ0n) is 17.3. The lowest BCUT2D eigenvalue weighted by atomic mass is 10.1. The molecule has 1 aliphatic rings. The van der Waals surface area contributed by atoms with Crippen LogP contribution < -0.4 is 5.32 Å². The molecule has 174 valence electrons. The number of amides is 1. The molecule has 3 rings (SSSR count). The topological polar surface area (TPSA) is 69.7 Å².